The average Bonchev–Trinajstić information content (AvgIpc) is 3.15. The second kappa shape index (κ2) is 18.4. The molecule has 0 radical (unpaired) electrons. The lowest BCUT2D eigenvalue weighted by atomic mass is 10.0. The van der Waals surface area contributed by atoms with Crippen LogP contribution in [0.4, 0.5) is 0 Å². The molecule has 2 aliphatic heterocycles. The summed E-state index contributed by atoms with van der Waals surface area (Å²) in [5.74, 6) is 1.76. The van der Waals surface area contributed by atoms with E-state index in [0.29, 0.717) is 80.7 Å². The molecular weight excluding hydrogens is 668 g/mol. The van der Waals surface area contributed by atoms with Crippen LogP contribution < -0.4 is 19.5 Å². The summed E-state index contributed by atoms with van der Waals surface area (Å²) in [6.07, 6.45) is 7.73. The molecule has 3 aromatic carbocycles. The number of halogens is 1. The number of likely N-dealkylation sites (N-methyl/N-ethyl adjacent to an activating group) is 1. The van der Waals surface area contributed by atoms with Crippen LogP contribution in [0.1, 0.15) is 36.0 Å². The fraction of sp³-hybridized carbons (Fsp3) is 0.375. The Morgan fingerprint density at radius 1 is 0.882 bits per heavy atom. The molecule has 0 atom stereocenters. The number of nitrogens with one attached hydrogen (secondary N) is 1. The Balaban J connectivity index is 1.11. The first kappa shape index (κ1) is 37.5. The van der Waals surface area contributed by atoms with E-state index in [2.05, 4.69) is 11.9 Å². The van der Waals surface area contributed by atoms with Gasteiger partial charge in [0, 0.05) is 93.7 Å². The molecule has 2 fully saturated rings. The third-order valence-electron chi connectivity index (χ3n) is 9.14. The Hall–Kier alpha value is -4.80. The number of nitrogens with zero attached hydrogens (tertiary/aromatic N) is 3. The first-order valence-electron chi connectivity index (χ1n) is 17.4. The number of benzene rings is 3. The number of hydrogen-bond acceptors (Lipinski definition) is 7. The van der Waals surface area contributed by atoms with Crippen LogP contribution in [0.3, 0.4) is 0 Å². The molecule has 3 amide bonds. The quantitative estimate of drug-likeness (QED) is 0.209. The van der Waals surface area contributed by atoms with Crippen LogP contribution in [0.25, 0.3) is 11.1 Å². The molecule has 2 saturated heterocycles. The minimum atomic E-state index is -0.217. The second-order valence-electron chi connectivity index (χ2n) is 12.8. The molecule has 0 unspecified atom stereocenters. The zero-order valence-electron chi connectivity index (χ0n) is 29.4. The lowest BCUT2D eigenvalue weighted by Crippen LogP contribution is -2.41. The van der Waals surface area contributed by atoms with E-state index in [1.807, 2.05) is 83.6 Å². The van der Waals surface area contributed by atoms with E-state index >= 15 is 0 Å². The summed E-state index contributed by atoms with van der Waals surface area (Å²) in [6.45, 7) is 7.63. The van der Waals surface area contributed by atoms with Gasteiger partial charge < -0.3 is 34.2 Å². The van der Waals surface area contributed by atoms with Crippen molar-refractivity contribution in [3.05, 3.63) is 102 Å². The van der Waals surface area contributed by atoms with Crippen LogP contribution in [-0.4, -0.2) is 105 Å². The van der Waals surface area contributed by atoms with E-state index < -0.39 is 0 Å². The van der Waals surface area contributed by atoms with Crippen LogP contribution >= 0.6 is 11.6 Å². The van der Waals surface area contributed by atoms with Crippen LogP contribution in [0.2, 0.25) is 5.02 Å². The molecular formula is C40H47ClN4O6. The lowest BCUT2D eigenvalue weighted by Gasteiger charge is -2.31. The number of amides is 3. The van der Waals surface area contributed by atoms with Gasteiger partial charge in [-0.3, -0.25) is 14.4 Å². The van der Waals surface area contributed by atoms with E-state index in [1.165, 1.54) is 6.08 Å². The Morgan fingerprint density at radius 2 is 1.51 bits per heavy atom. The van der Waals surface area contributed by atoms with Crippen LogP contribution in [-0.2, 0) is 9.59 Å². The molecule has 11 heteroatoms. The third-order valence-corrected chi connectivity index (χ3v) is 9.40. The largest absolute Gasteiger partial charge is 0.496 e. The first-order valence-corrected chi connectivity index (χ1v) is 17.8. The van der Waals surface area contributed by atoms with Crippen molar-refractivity contribution in [2.45, 2.75) is 37.9 Å². The number of carbonyl (C=O) groups is 3. The molecule has 51 heavy (non-hydrogen) atoms. The van der Waals surface area contributed by atoms with Gasteiger partial charge >= 0.3 is 0 Å². The summed E-state index contributed by atoms with van der Waals surface area (Å²) in [4.78, 5) is 43.9. The monoisotopic (exact) mass is 714 g/mol. The van der Waals surface area contributed by atoms with Gasteiger partial charge in [-0.2, -0.15) is 0 Å². The Kier molecular flexibility index (Phi) is 13.5. The maximum absolute atomic E-state index is 13.4. The van der Waals surface area contributed by atoms with Crippen molar-refractivity contribution in [3.63, 3.8) is 0 Å². The van der Waals surface area contributed by atoms with Crippen LogP contribution in [0.15, 0.2) is 91.5 Å². The SMILES string of the molecule is C=CC(=O)N1CCC(Oc2cc(C(=O)NCCN(C)C/C=C/C(=O)N3CCC(Oc4ccc(Cl)cc4)CC3)cc(-c3ccccc3OC)c2)CC1. The normalized spacial score (nSPS) is 15.5. The van der Waals surface area contributed by atoms with Crippen LogP contribution in [0.5, 0.6) is 17.2 Å². The Morgan fingerprint density at radius 3 is 2.16 bits per heavy atom. The zero-order chi connectivity index (χ0) is 36.2. The average molecular weight is 715 g/mol. The molecule has 10 nitrogen and oxygen atoms in total. The van der Waals surface area contributed by atoms with Gasteiger partial charge in [0.15, 0.2) is 0 Å². The van der Waals surface area contributed by atoms with Crippen molar-refractivity contribution in [1.82, 2.24) is 20.0 Å². The van der Waals surface area contributed by atoms with Gasteiger partial charge in [-0.15, -0.1) is 0 Å². The number of rotatable bonds is 14. The summed E-state index contributed by atoms with van der Waals surface area (Å²) in [5.41, 5.74) is 2.13. The molecule has 0 aliphatic carbocycles. The number of hydrogen-bond donors (Lipinski definition) is 1. The fourth-order valence-electron chi connectivity index (χ4n) is 6.24. The van der Waals surface area contributed by atoms with Gasteiger partial charge in [0.2, 0.25) is 11.8 Å². The maximum Gasteiger partial charge on any atom is 0.251 e. The number of piperidine rings is 2. The molecule has 3 aromatic rings. The smallest absolute Gasteiger partial charge is 0.251 e. The molecule has 5 rings (SSSR count). The van der Waals surface area contributed by atoms with E-state index in [9.17, 15) is 14.4 Å². The molecule has 270 valence electrons. The van der Waals surface area contributed by atoms with Gasteiger partial charge in [0.25, 0.3) is 5.91 Å². The van der Waals surface area contributed by atoms with Crippen molar-refractivity contribution in [2.24, 2.45) is 0 Å². The summed E-state index contributed by atoms with van der Waals surface area (Å²) in [6, 6.07) is 20.5. The van der Waals surface area contributed by atoms with Crippen molar-refractivity contribution in [1.29, 1.82) is 0 Å². The Bertz CT molecular complexity index is 1680. The predicted molar refractivity (Wildman–Crippen MR) is 200 cm³/mol. The molecule has 2 heterocycles. The summed E-state index contributed by atoms with van der Waals surface area (Å²) in [7, 11) is 3.57. The van der Waals surface area contributed by atoms with Gasteiger partial charge in [-0.25, -0.2) is 0 Å². The molecule has 0 bridgehead atoms. The summed E-state index contributed by atoms with van der Waals surface area (Å²) in [5, 5.41) is 3.70. The number of methoxy groups -OCH3 is 1. The highest BCUT2D eigenvalue weighted by atomic mass is 35.5. The summed E-state index contributed by atoms with van der Waals surface area (Å²) < 4.78 is 18.0. The highest BCUT2D eigenvalue weighted by molar-refractivity contribution is 6.30. The number of carbonyl (C=O) groups excluding carboxylic acids is 3. The molecule has 0 saturated carbocycles. The van der Waals surface area contributed by atoms with Crippen LogP contribution in [0, 0.1) is 0 Å². The van der Waals surface area contributed by atoms with Crippen molar-refractivity contribution in [2.75, 3.05) is 60.0 Å². The molecule has 2 aliphatic rings. The second-order valence-corrected chi connectivity index (χ2v) is 13.2. The van der Waals surface area contributed by atoms with Crippen molar-refractivity contribution < 1.29 is 28.6 Å². The van der Waals surface area contributed by atoms with E-state index in [0.717, 1.165) is 29.7 Å². The third kappa shape index (κ3) is 10.8. The maximum atomic E-state index is 13.4. The molecule has 0 aromatic heterocycles. The van der Waals surface area contributed by atoms with Crippen molar-refractivity contribution >= 4 is 29.3 Å². The minimum Gasteiger partial charge on any atom is -0.496 e. The predicted octanol–water partition coefficient (Wildman–Crippen LogP) is 5.86. The van der Waals surface area contributed by atoms with E-state index in [1.54, 1.807) is 24.2 Å². The van der Waals surface area contributed by atoms with Gasteiger partial charge in [-0.1, -0.05) is 42.5 Å². The minimum absolute atomic E-state index is 0.00889. The van der Waals surface area contributed by atoms with Gasteiger partial charge in [0.05, 0.1) is 7.11 Å². The first-order chi connectivity index (χ1) is 24.7. The molecule has 1 N–H and O–H groups in total. The standard InChI is InChI=1S/C40H47ClN4O6/c1-4-38(46)44-21-15-34(16-22-44)51-35-27-29(36-8-5-6-9-37(36)49-3)26-30(28-35)40(48)42-19-25-43(2)20-7-10-39(47)45-23-17-33(18-24-45)50-32-13-11-31(41)12-14-32/h4-14,26-28,33-34H,1,15-25H2,2-3H3,(H,42,48)/b10-7+. The molecule has 0 spiro atoms. The fourth-order valence-corrected chi connectivity index (χ4v) is 6.37. The van der Waals surface area contributed by atoms with E-state index in [4.69, 9.17) is 25.8 Å². The van der Waals surface area contributed by atoms with Gasteiger partial charge in [-0.05, 0) is 67.2 Å². The highest BCUT2D eigenvalue weighted by Gasteiger charge is 2.24. The topological polar surface area (TPSA) is 101 Å². The number of para-hydroxylation sites is 1. The number of likely N-dealkylation sites (tertiary alicyclic amines) is 2. The van der Waals surface area contributed by atoms with Crippen molar-refractivity contribution in [3.8, 4) is 28.4 Å². The zero-order valence-corrected chi connectivity index (χ0v) is 30.1. The van der Waals surface area contributed by atoms with Gasteiger partial charge in [0.1, 0.15) is 29.5 Å². The number of ether oxygens (including phenoxy) is 3. The Labute approximate surface area is 305 Å². The van der Waals surface area contributed by atoms with E-state index in [-0.39, 0.29) is 29.9 Å². The highest BCUT2D eigenvalue weighted by Crippen LogP contribution is 2.34. The summed E-state index contributed by atoms with van der Waals surface area (Å²) >= 11 is 5.96. The lowest BCUT2D eigenvalue weighted by molar-refractivity contribution is -0.128.